The zero-order valence-corrected chi connectivity index (χ0v) is 20.7. The Labute approximate surface area is 203 Å². The van der Waals surface area contributed by atoms with Gasteiger partial charge >= 0.3 is 6.03 Å². The number of hydrogen-bond donors (Lipinski definition) is 2. The normalized spacial score (nSPS) is 18.2. The van der Waals surface area contributed by atoms with Gasteiger partial charge in [0.25, 0.3) is 5.91 Å². The molecule has 1 aliphatic heterocycles. The number of nitrogens with one attached hydrogen (secondary N) is 2. The highest BCUT2D eigenvalue weighted by molar-refractivity contribution is 7.09. The molecule has 0 spiro atoms. The van der Waals surface area contributed by atoms with E-state index in [-0.39, 0.29) is 12.0 Å². The number of hydrogen-bond acceptors (Lipinski definition) is 5. The van der Waals surface area contributed by atoms with E-state index in [9.17, 15) is 14.4 Å². The first kappa shape index (κ1) is 23.6. The molecule has 34 heavy (non-hydrogen) atoms. The third kappa shape index (κ3) is 4.59. The minimum absolute atomic E-state index is 0.0257. The molecule has 2 heterocycles. The van der Waals surface area contributed by atoms with Crippen LogP contribution in [0.2, 0.25) is 0 Å². The molecule has 8 heteroatoms. The zero-order valence-electron chi connectivity index (χ0n) is 19.9. The van der Waals surface area contributed by atoms with Gasteiger partial charge in [0.1, 0.15) is 12.1 Å². The van der Waals surface area contributed by atoms with Crippen LogP contribution < -0.4 is 10.6 Å². The van der Waals surface area contributed by atoms with E-state index in [0.717, 1.165) is 26.7 Å². The molecule has 0 saturated carbocycles. The maximum atomic E-state index is 13.2. The van der Waals surface area contributed by atoms with Crippen LogP contribution in [-0.4, -0.2) is 34.3 Å². The molecule has 176 valence electrons. The van der Waals surface area contributed by atoms with Crippen molar-refractivity contribution in [2.45, 2.75) is 45.6 Å². The number of urea groups is 1. The van der Waals surface area contributed by atoms with E-state index in [4.69, 9.17) is 0 Å². The SMILES string of the molecule is Cc1nc(-c2cccc(NC(=O)CN3C(=O)NC(C)(c4ccc(C(C)(C)C)cc4)C3=O)c2)cs1. The second-order valence-electron chi connectivity index (χ2n) is 9.65. The lowest BCUT2D eigenvalue weighted by atomic mass is 9.84. The largest absolute Gasteiger partial charge is 0.325 e. The highest BCUT2D eigenvalue weighted by atomic mass is 32.1. The quantitative estimate of drug-likeness (QED) is 0.517. The molecular formula is C26H28N4O3S. The van der Waals surface area contributed by atoms with Crippen molar-refractivity contribution in [3.8, 4) is 11.3 Å². The van der Waals surface area contributed by atoms with Gasteiger partial charge in [-0.15, -0.1) is 11.3 Å². The Kier molecular flexibility index (Phi) is 6.03. The van der Waals surface area contributed by atoms with Gasteiger partial charge in [0, 0.05) is 16.6 Å². The summed E-state index contributed by atoms with van der Waals surface area (Å²) in [7, 11) is 0. The Morgan fingerprint density at radius 1 is 1.15 bits per heavy atom. The molecule has 2 N–H and O–H groups in total. The number of aryl methyl sites for hydroxylation is 1. The Balaban J connectivity index is 1.47. The number of nitrogens with zero attached hydrogens (tertiary/aromatic N) is 2. The van der Waals surface area contributed by atoms with E-state index in [2.05, 4.69) is 36.4 Å². The summed E-state index contributed by atoms with van der Waals surface area (Å²) >= 11 is 1.55. The smallest absolute Gasteiger partial charge is 0.325 e. The summed E-state index contributed by atoms with van der Waals surface area (Å²) < 4.78 is 0. The van der Waals surface area contributed by atoms with Gasteiger partial charge in [-0.2, -0.15) is 0 Å². The van der Waals surface area contributed by atoms with Crippen LogP contribution in [0, 0.1) is 6.92 Å². The monoisotopic (exact) mass is 476 g/mol. The fraction of sp³-hybridized carbons (Fsp3) is 0.308. The minimum atomic E-state index is -1.23. The number of carbonyl (C=O) groups excluding carboxylic acids is 3. The Morgan fingerprint density at radius 3 is 2.47 bits per heavy atom. The van der Waals surface area contributed by atoms with Crippen molar-refractivity contribution >= 4 is 34.9 Å². The molecule has 3 aromatic rings. The highest BCUT2D eigenvalue weighted by Gasteiger charge is 2.49. The number of rotatable bonds is 5. The zero-order chi connectivity index (χ0) is 24.7. The second-order valence-corrected chi connectivity index (χ2v) is 10.7. The summed E-state index contributed by atoms with van der Waals surface area (Å²) in [6.45, 7) is 9.56. The fourth-order valence-corrected chi connectivity index (χ4v) is 4.56. The molecule has 0 bridgehead atoms. The van der Waals surface area contributed by atoms with E-state index < -0.39 is 23.4 Å². The summed E-state index contributed by atoms with van der Waals surface area (Å²) in [5, 5.41) is 8.45. The Bertz CT molecular complexity index is 1260. The number of carbonyl (C=O) groups is 3. The molecule has 1 aromatic heterocycles. The third-order valence-electron chi connectivity index (χ3n) is 5.97. The van der Waals surface area contributed by atoms with E-state index in [1.54, 1.807) is 24.3 Å². The Morgan fingerprint density at radius 2 is 1.85 bits per heavy atom. The third-order valence-corrected chi connectivity index (χ3v) is 6.74. The van der Waals surface area contributed by atoms with Crippen LogP contribution >= 0.6 is 11.3 Å². The van der Waals surface area contributed by atoms with Gasteiger partial charge in [-0.3, -0.25) is 14.5 Å². The number of anilines is 1. The van der Waals surface area contributed by atoms with E-state index in [0.29, 0.717) is 11.3 Å². The first-order valence-corrected chi connectivity index (χ1v) is 11.9. The fourth-order valence-electron chi connectivity index (χ4n) is 3.94. The highest BCUT2D eigenvalue weighted by Crippen LogP contribution is 2.31. The summed E-state index contributed by atoms with van der Waals surface area (Å²) in [6.07, 6.45) is 0. The van der Waals surface area contributed by atoms with Crippen molar-refractivity contribution in [2.24, 2.45) is 0 Å². The molecule has 2 aromatic carbocycles. The van der Waals surface area contributed by atoms with Crippen molar-refractivity contribution in [3.05, 3.63) is 70.0 Å². The molecule has 1 unspecified atom stereocenters. The molecule has 4 rings (SSSR count). The first-order chi connectivity index (χ1) is 16.0. The molecule has 1 aliphatic rings. The van der Waals surface area contributed by atoms with Crippen molar-refractivity contribution in [1.82, 2.24) is 15.2 Å². The van der Waals surface area contributed by atoms with Gasteiger partial charge in [0.2, 0.25) is 5.91 Å². The van der Waals surface area contributed by atoms with Crippen LogP contribution in [0.5, 0.6) is 0 Å². The van der Waals surface area contributed by atoms with Crippen LogP contribution in [0.15, 0.2) is 53.9 Å². The van der Waals surface area contributed by atoms with Crippen molar-refractivity contribution in [3.63, 3.8) is 0 Å². The first-order valence-electron chi connectivity index (χ1n) is 11.0. The lowest BCUT2D eigenvalue weighted by Crippen LogP contribution is -2.42. The lowest BCUT2D eigenvalue weighted by molar-refractivity contribution is -0.133. The molecular weight excluding hydrogens is 448 g/mol. The number of benzene rings is 2. The van der Waals surface area contributed by atoms with E-state index >= 15 is 0 Å². The lowest BCUT2D eigenvalue weighted by Gasteiger charge is -2.24. The topological polar surface area (TPSA) is 91.4 Å². The van der Waals surface area contributed by atoms with Gasteiger partial charge in [0.15, 0.2) is 0 Å². The summed E-state index contributed by atoms with van der Waals surface area (Å²) in [4.78, 5) is 44.0. The van der Waals surface area contributed by atoms with Crippen molar-refractivity contribution < 1.29 is 14.4 Å². The van der Waals surface area contributed by atoms with Crippen LogP contribution in [0.1, 0.15) is 43.8 Å². The summed E-state index contributed by atoms with van der Waals surface area (Å²) in [5.74, 6) is -0.912. The molecule has 1 atom stereocenters. The molecule has 1 fully saturated rings. The maximum Gasteiger partial charge on any atom is 0.325 e. The minimum Gasteiger partial charge on any atom is -0.325 e. The summed E-state index contributed by atoms with van der Waals surface area (Å²) in [6, 6.07) is 14.4. The second kappa shape index (κ2) is 8.68. The maximum absolute atomic E-state index is 13.2. The van der Waals surface area contributed by atoms with E-state index in [1.165, 1.54) is 0 Å². The number of aromatic nitrogens is 1. The van der Waals surface area contributed by atoms with Gasteiger partial charge in [0.05, 0.1) is 10.7 Å². The number of imide groups is 1. The van der Waals surface area contributed by atoms with Gasteiger partial charge in [-0.25, -0.2) is 9.78 Å². The van der Waals surface area contributed by atoms with Crippen molar-refractivity contribution in [2.75, 3.05) is 11.9 Å². The van der Waals surface area contributed by atoms with Crippen LogP contribution in [0.4, 0.5) is 10.5 Å². The molecule has 0 aliphatic carbocycles. The molecule has 0 radical (unpaired) electrons. The van der Waals surface area contributed by atoms with Crippen LogP contribution in [0.25, 0.3) is 11.3 Å². The van der Waals surface area contributed by atoms with Crippen LogP contribution in [0.3, 0.4) is 0 Å². The molecule has 1 saturated heterocycles. The van der Waals surface area contributed by atoms with Crippen LogP contribution in [-0.2, 0) is 20.5 Å². The van der Waals surface area contributed by atoms with Gasteiger partial charge < -0.3 is 10.6 Å². The molecule has 7 nitrogen and oxygen atoms in total. The molecule has 4 amide bonds. The average Bonchev–Trinajstić information content (AvgIpc) is 3.31. The predicted octanol–water partition coefficient (Wildman–Crippen LogP) is 4.82. The van der Waals surface area contributed by atoms with Gasteiger partial charge in [-0.05, 0) is 42.5 Å². The predicted molar refractivity (Wildman–Crippen MR) is 134 cm³/mol. The standard InChI is InChI=1S/C26H28N4O3S/c1-16-27-21(15-34-16)17-7-6-8-20(13-17)28-22(31)14-30-23(32)26(5,29-24(30)33)19-11-9-18(10-12-19)25(2,3)4/h6-13,15H,14H2,1-5H3,(H,28,31)(H,29,33). The Hall–Kier alpha value is -3.52. The van der Waals surface area contributed by atoms with Gasteiger partial charge in [-0.1, -0.05) is 57.2 Å². The summed E-state index contributed by atoms with van der Waals surface area (Å²) in [5.41, 5.74) is 2.83. The van der Waals surface area contributed by atoms with Crippen molar-refractivity contribution in [1.29, 1.82) is 0 Å². The number of thiazole rings is 1. The number of amides is 4. The average molecular weight is 477 g/mol. The van der Waals surface area contributed by atoms with E-state index in [1.807, 2.05) is 54.8 Å².